The van der Waals surface area contributed by atoms with E-state index in [0.717, 1.165) is 37.7 Å². The molecule has 0 aliphatic heterocycles. The van der Waals surface area contributed by atoms with Crippen LogP contribution in [0.5, 0.6) is 0 Å². The average Bonchev–Trinajstić information content (AvgIpc) is 2.80. The van der Waals surface area contributed by atoms with Crippen LogP contribution in [-0.2, 0) is 13.0 Å². The van der Waals surface area contributed by atoms with Crippen molar-refractivity contribution in [3.05, 3.63) is 12.2 Å². The topological polar surface area (TPSA) is 42.7 Å². The minimum Gasteiger partial charge on any atom is -0.314 e. The summed E-state index contributed by atoms with van der Waals surface area (Å²) in [5, 5.41) is 7.96. The third kappa shape index (κ3) is 6.19. The third-order valence-electron chi connectivity index (χ3n) is 3.34. The lowest BCUT2D eigenvalue weighted by Crippen LogP contribution is -2.33. The summed E-state index contributed by atoms with van der Waals surface area (Å²) in [6.45, 7) is 11.0. The fourth-order valence-electron chi connectivity index (χ4n) is 2.22. The first-order valence-electron chi connectivity index (χ1n) is 7.77. The molecule has 1 atom stereocenters. The lowest BCUT2D eigenvalue weighted by Gasteiger charge is -2.19. The van der Waals surface area contributed by atoms with E-state index in [1.54, 1.807) is 6.33 Å². The minimum atomic E-state index is 0.530. The van der Waals surface area contributed by atoms with E-state index >= 15 is 0 Å². The van der Waals surface area contributed by atoms with Crippen molar-refractivity contribution >= 4 is 0 Å². The first kappa shape index (κ1) is 16.2. The molecule has 1 heterocycles. The maximum Gasteiger partial charge on any atom is 0.138 e. The highest BCUT2D eigenvalue weighted by Gasteiger charge is 2.13. The van der Waals surface area contributed by atoms with Crippen LogP contribution in [0.4, 0.5) is 0 Å². The highest BCUT2D eigenvalue weighted by molar-refractivity contribution is 4.90. The number of hydrogen-bond donors (Lipinski definition) is 1. The quantitative estimate of drug-likeness (QED) is 0.708. The molecule has 0 aliphatic rings. The van der Waals surface area contributed by atoms with Crippen molar-refractivity contribution in [2.45, 2.75) is 72.4 Å². The van der Waals surface area contributed by atoms with Crippen molar-refractivity contribution in [1.29, 1.82) is 0 Å². The predicted molar refractivity (Wildman–Crippen MR) is 80.2 cm³/mol. The Balaban J connectivity index is 2.56. The number of aromatic nitrogens is 3. The molecule has 1 rings (SSSR count). The van der Waals surface area contributed by atoms with Gasteiger partial charge in [-0.25, -0.2) is 4.98 Å². The molecule has 1 N–H and O–H groups in total. The molecule has 0 aliphatic carbocycles. The Labute approximate surface area is 118 Å². The van der Waals surface area contributed by atoms with E-state index < -0.39 is 0 Å². The monoisotopic (exact) mass is 266 g/mol. The maximum absolute atomic E-state index is 4.42. The van der Waals surface area contributed by atoms with Crippen LogP contribution in [0.1, 0.15) is 59.2 Å². The fourth-order valence-corrected chi connectivity index (χ4v) is 2.22. The summed E-state index contributed by atoms with van der Waals surface area (Å²) >= 11 is 0. The second-order valence-corrected chi connectivity index (χ2v) is 5.73. The van der Waals surface area contributed by atoms with E-state index in [2.05, 4.69) is 47.8 Å². The normalized spacial score (nSPS) is 13.1. The van der Waals surface area contributed by atoms with Gasteiger partial charge in [-0.05, 0) is 38.1 Å². The van der Waals surface area contributed by atoms with Gasteiger partial charge in [0, 0.05) is 19.0 Å². The Morgan fingerprint density at radius 1 is 1.21 bits per heavy atom. The fraction of sp³-hybridized carbons (Fsp3) is 0.867. The molecule has 19 heavy (non-hydrogen) atoms. The molecule has 4 nitrogen and oxygen atoms in total. The summed E-state index contributed by atoms with van der Waals surface area (Å²) in [6.07, 6.45) is 7.45. The van der Waals surface area contributed by atoms with Gasteiger partial charge in [0.1, 0.15) is 12.2 Å². The largest absolute Gasteiger partial charge is 0.314 e. The Morgan fingerprint density at radius 3 is 2.63 bits per heavy atom. The summed E-state index contributed by atoms with van der Waals surface area (Å²) in [6, 6.07) is 0.530. The molecule has 1 aromatic rings. The van der Waals surface area contributed by atoms with Crippen molar-refractivity contribution in [3.8, 4) is 0 Å². The molecule has 0 bridgehead atoms. The molecule has 0 fully saturated rings. The smallest absolute Gasteiger partial charge is 0.138 e. The zero-order valence-electron chi connectivity index (χ0n) is 13.0. The van der Waals surface area contributed by atoms with Gasteiger partial charge in [-0.15, -0.1) is 0 Å². The lowest BCUT2D eigenvalue weighted by atomic mass is 10.0. The minimum absolute atomic E-state index is 0.530. The molecule has 0 saturated heterocycles. The number of hydrogen-bond acceptors (Lipinski definition) is 3. The zero-order chi connectivity index (χ0) is 14.1. The van der Waals surface area contributed by atoms with Crippen molar-refractivity contribution in [2.75, 3.05) is 6.54 Å². The van der Waals surface area contributed by atoms with E-state index in [9.17, 15) is 0 Å². The lowest BCUT2D eigenvalue weighted by molar-refractivity contribution is 0.413. The van der Waals surface area contributed by atoms with Gasteiger partial charge in [-0.3, -0.25) is 4.68 Å². The predicted octanol–water partition coefficient (Wildman–Crippen LogP) is 3.04. The molecule has 4 heteroatoms. The summed E-state index contributed by atoms with van der Waals surface area (Å²) in [7, 11) is 0. The summed E-state index contributed by atoms with van der Waals surface area (Å²) in [4.78, 5) is 4.42. The van der Waals surface area contributed by atoms with Crippen molar-refractivity contribution < 1.29 is 0 Å². The van der Waals surface area contributed by atoms with Crippen molar-refractivity contribution in [3.63, 3.8) is 0 Å². The molecular formula is C15H30N4. The van der Waals surface area contributed by atoms with E-state index in [1.807, 2.05) is 0 Å². The second kappa shape index (κ2) is 9.08. The van der Waals surface area contributed by atoms with Gasteiger partial charge in [0.05, 0.1) is 0 Å². The highest BCUT2D eigenvalue weighted by atomic mass is 15.3. The van der Waals surface area contributed by atoms with Crippen LogP contribution in [0.25, 0.3) is 0 Å². The van der Waals surface area contributed by atoms with Crippen LogP contribution in [0, 0.1) is 5.92 Å². The van der Waals surface area contributed by atoms with E-state index in [0.29, 0.717) is 6.04 Å². The zero-order valence-corrected chi connectivity index (χ0v) is 13.0. The Kier molecular flexibility index (Phi) is 7.72. The Hall–Kier alpha value is -0.900. The van der Waals surface area contributed by atoms with Gasteiger partial charge in [0.25, 0.3) is 0 Å². The van der Waals surface area contributed by atoms with Gasteiger partial charge in [-0.1, -0.05) is 27.7 Å². The number of nitrogens with one attached hydrogen (secondary N) is 1. The van der Waals surface area contributed by atoms with Crippen molar-refractivity contribution in [1.82, 2.24) is 20.1 Å². The highest BCUT2D eigenvalue weighted by Crippen LogP contribution is 2.11. The van der Waals surface area contributed by atoms with E-state index in [1.165, 1.54) is 19.3 Å². The number of nitrogens with zero attached hydrogens (tertiary/aromatic N) is 3. The van der Waals surface area contributed by atoms with Crippen LogP contribution >= 0.6 is 0 Å². The van der Waals surface area contributed by atoms with Crippen LogP contribution in [0.2, 0.25) is 0 Å². The van der Waals surface area contributed by atoms with Gasteiger partial charge >= 0.3 is 0 Å². The standard InChI is InChI=1S/C15H30N4/c1-5-9-16-14(8-7-13(3)4)11-15-17-12-18-19(15)10-6-2/h12-14,16H,5-11H2,1-4H3. The van der Waals surface area contributed by atoms with Crippen LogP contribution in [0.3, 0.4) is 0 Å². The molecule has 110 valence electrons. The molecule has 0 saturated carbocycles. The van der Waals surface area contributed by atoms with Crippen LogP contribution in [0.15, 0.2) is 6.33 Å². The van der Waals surface area contributed by atoms with E-state index in [-0.39, 0.29) is 0 Å². The maximum atomic E-state index is 4.42. The molecule has 1 unspecified atom stereocenters. The molecule has 0 radical (unpaired) electrons. The number of rotatable bonds is 10. The van der Waals surface area contributed by atoms with Gasteiger partial charge < -0.3 is 5.32 Å². The SMILES string of the molecule is CCCNC(CCC(C)C)Cc1ncnn1CCC. The Bertz CT molecular complexity index is 333. The first-order valence-corrected chi connectivity index (χ1v) is 7.77. The molecule has 0 aromatic carbocycles. The first-order chi connectivity index (χ1) is 9.17. The molecular weight excluding hydrogens is 236 g/mol. The van der Waals surface area contributed by atoms with Crippen LogP contribution in [-0.4, -0.2) is 27.4 Å². The molecule has 0 spiro atoms. The molecule has 1 aromatic heterocycles. The van der Waals surface area contributed by atoms with Gasteiger partial charge in [-0.2, -0.15) is 5.10 Å². The molecule has 0 amide bonds. The Morgan fingerprint density at radius 2 is 2.00 bits per heavy atom. The van der Waals surface area contributed by atoms with Crippen LogP contribution < -0.4 is 5.32 Å². The van der Waals surface area contributed by atoms with E-state index in [4.69, 9.17) is 0 Å². The average molecular weight is 266 g/mol. The summed E-state index contributed by atoms with van der Waals surface area (Å²) in [5.41, 5.74) is 0. The number of aryl methyl sites for hydroxylation is 1. The summed E-state index contributed by atoms with van der Waals surface area (Å²) < 4.78 is 2.05. The van der Waals surface area contributed by atoms with Gasteiger partial charge in [0.15, 0.2) is 0 Å². The second-order valence-electron chi connectivity index (χ2n) is 5.73. The van der Waals surface area contributed by atoms with Gasteiger partial charge in [0.2, 0.25) is 0 Å². The van der Waals surface area contributed by atoms with Crippen molar-refractivity contribution in [2.24, 2.45) is 5.92 Å². The third-order valence-corrected chi connectivity index (χ3v) is 3.34. The summed E-state index contributed by atoms with van der Waals surface area (Å²) in [5.74, 6) is 1.89.